The summed E-state index contributed by atoms with van der Waals surface area (Å²) in [5.41, 5.74) is 2.57. The first-order valence-electron chi connectivity index (χ1n) is 8.59. The van der Waals surface area contributed by atoms with E-state index < -0.39 is 17.5 Å². The molecular weight excluding hydrogens is 352 g/mol. The Kier molecular flexibility index (Phi) is 4.35. The Hall–Kier alpha value is -3.22. The topological polar surface area (TPSA) is 56.1 Å². The third-order valence-corrected chi connectivity index (χ3v) is 4.64. The molecule has 0 saturated carbocycles. The van der Waals surface area contributed by atoms with Gasteiger partial charge >= 0.3 is 0 Å². The Labute approximate surface area is 154 Å². The summed E-state index contributed by atoms with van der Waals surface area (Å²) in [5, 5.41) is 7.10. The van der Waals surface area contributed by atoms with Gasteiger partial charge in [-0.15, -0.1) is 0 Å². The normalized spacial score (nSPS) is 12.7. The molecule has 27 heavy (non-hydrogen) atoms. The smallest absolute Gasteiger partial charge is 0.276 e. The van der Waals surface area contributed by atoms with Crippen LogP contribution in [0.1, 0.15) is 28.2 Å². The van der Waals surface area contributed by atoms with Crippen molar-refractivity contribution in [2.24, 2.45) is 0 Å². The molecule has 3 aromatic rings. The predicted octanol–water partition coefficient (Wildman–Crippen LogP) is 3.90. The predicted molar refractivity (Wildman–Crippen MR) is 96.5 cm³/mol. The lowest BCUT2D eigenvalue weighted by Crippen LogP contribution is -2.15. The van der Waals surface area contributed by atoms with Crippen LogP contribution in [-0.4, -0.2) is 22.8 Å². The highest BCUT2D eigenvalue weighted by Crippen LogP contribution is 2.30. The van der Waals surface area contributed by atoms with Crippen molar-refractivity contribution in [2.45, 2.75) is 19.3 Å². The van der Waals surface area contributed by atoms with Gasteiger partial charge in [0.05, 0.1) is 12.8 Å². The lowest BCUT2D eigenvalue weighted by molar-refractivity contribution is 0.102. The zero-order valence-corrected chi connectivity index (χ0v) is 14.6. The number of methoxy groups -OCH3 is 1. The summed E-state index contributed by atoms with van der Waals surface area (Å²) in [5.74, 6) is -1.09. The van der Waals surface area contributed by atoms with E-state index >= 15 is 0 Å². The summed E-state index contributed by atoms with van der Waals surface area (Å²) < 4.78 is 34.2. The molecule has 0 aliphatic heterocycles. The number of hydrogen-bond donors (Lipinski definition) is 1. The fourth-order valence-electron chi connectivity index (χ4n) is 3.39. The van der Waals surface area contributed by atoms with Crippen LogP contribution in [-0.2, 0) is 12.8 Å². The van der Waals surface area contributed by atoms with Gasteiger partial charge in [0, 0.05) is 17.3 Å². The van der Waals surface area contributed by atoms with Gasteiger partial charge in [-0.05, 0) is 43.5 Å². The van der Waals surface area contributed by atoms with Gasteiger partial charge in [0.2, 0.25) is 0 Å². The maximum atomic E-state index is 14.2. The molecule has 5 nitrogen and oxygen atoms in total. The van der Waals surface area contributed by atoms with Crippen LogP contribution in [0, 0.1) is 11.6 Å². The Morgan fingerprint density at radius 1 is 1.19 bits per heavy atom. The molecule has 4 rings (SSSR count). The molecule has 0 radical (unpaired) electrons. The number of carbonyl (C=O) groups is 1. The van der Waals surface area contributed by atoms with Crippen molar-refractivity contribution in [1.29, 1.82) is 0 Å². The van der Waals surface area contributed by atoms with Crippen LogP contribution >= 0.6 is 0 Å². The first-order chi connectivity index (χ1) is 13.1. The number of ether oxygens (including phenoxy) is 1. The standard InChI is InChI=1S/C20H17F2N3O2/c1-27-18-11-12(21)9-10-15(18)23-20(26)19-13-5-4-8-16(13)25(24-19)17-7-3-2-6-14(17)22/h2-3,6-7,9-11H,4-5,8H2,1H3,(H,23,26). The van der Waals surface area contributed by atoms with Gasteiger partial charge in [0.1, 0.15) is 23.1 Å². The zero-order valence-electron chi connectivity index (χ0n) is 14.6. The SMILES string of the molecule is COc1cc(F)ccc1NC(=O)c1nn(-c2ccccc2F)c2c1CCC2. The van der Waals surface area contributed by atoms with Crippen molar-refractivity contribution in [2.75, 3.05) is 12.4 Å². The molecule has 0 bridgehead atoms. The van der Waals surface area contributed by atoms with E-state index in [2.05, 4.69) is 10.4 Å². The van der Waals surface area contributed by atoms with E-state index in [4.69, 9.17) is 4.74 Å². The monoisotopic (exact) mass is 369 g/mol. The Morgan fingerprint density at radius 2 is 2.00 bits per heavy atom. The molecule has 1 aliphatic rings. The minimum Gasteiger partial charge on any atom is -0.494 e. The van der Waals surface area contributed by atoms with E-state index in [1.807, 2.05) is 0 Å². The number of hydrogen-bond acceptors (Lipinski definition) is 3. The number of aromatic nitrogens is 2. The van der Waals surface area contributed by atoms with Crippen LogP contribution in [0.25, 0.3) is 5.69 Å². The third kappa shape index (κ3) is 3.05. The van der Waals surface area contributed by atoms with Gasteiger partial charge in [-0.2, -0.15) is 5.10 Å². The fraction of sp³-hybridized carbons (Fsp3) is 0.200. The number of fused-ring (bicyclic) bond motifs is 1. The van der Waals surface area contributed by atoms with Gasteiger partial charge in [0.15, 0.2) is 5.69 Å². The molecule has 0 saturated heterocycles. The second kappa shape index (κ2) is 6.83. The van der Waals surface area contributed by atoms with E-state index in [0.717, 1.165) is 24.1 Å². The lowest BCUT2D eigenvalue weighted by Gasteiger charge is -2.09. The molecule has 2 aromatic carbocycles. The number of amides is 1. The van der Waals surface area contributed by atoms with E-state index in [1.165, 1.54) is 36.1 Å². The minimum absolute atomic E-state index is 0.216. The molecule has 1 aliphatic carbocycles. The summed E-state index contributed by atoms with van der Waals surface area (Å²) in [4.78, 5) is 12.8. The van der Waals surface area contributed by atoms with Crippen LogP contribution in [0.4, 0.5) is 14.5 Å². The second-order valence-corrected chi connectivity index (χ2v) is 6.29. The third-order valence-electron chi connectivity index (χ3n) is 4.64. The maximum Gasteiger partial charge on any atom is 0.276 e. The van der Waals surface area contributed by atoms with E-state index in [-0.39, 0.29) is 11.4 Å². The minimum atomic E-state index is -0.463. The largest absolute Gasteiger partial charge is 0.494 e. The van der Waals surface area contributed by atoms with Gasteiger partial charge in [-0.25, -0.2) is 13.5 Å². The number of nitrogens with one attached hydrogen (secondary N) is 1. The van der Waals surface area contributed by atoms with Crippen molar-refractivity contribution in [3.8, 4) is 11.4 Å². The summed E-state index contributed by atoms with van der Waals surface area (Å²) in [7, 11) is 1.40. The summed E-state index contributed by atoms with van der Waals surface area (Å²) in [6.45, 7) is 0. The number of carbonyl (C=O) groups excluding carboxylic acids is 1. The molecule has 7 heteroatoms. The molecule has 1 aromatic heterocycles. The fourth-order valence-corrected chi connectivity index (χ4v) is 3.39. The highest BCUT2D eigenvalue weighted by atomic mass is 19.1. The Balaban J connectivity index is 1.72. The van der Waals surface area contributed by atoms with Crippen LogP contribution in [0.5, 0.6) is 5.75 Å². The maximum absolute atomic E-state index is 14.2. The summed E-state index contributed by atoms with van der Waals surface area (Å²) >= 11 is 0. The molecule has 0 unspecified atom stereocenters. The molecule has 138 valence electrons. The zero-order chi connectivity index (χ0) is 19.0. The van der Waals surface area contributed by atoms with E-state index in [0.29, 0.717) is 17.8 Å². The molecule has 1 amide bonds. The molecule has 0 fully saturated rings. The van der Waals surface area contributed by atoms with Crippen molar-refractivity contribution in [1.82, 2.24) is 9.78 Å². The van der Waals surface area contributed by atoms with Crippen LogP contribution in [0.3, 0.4) is 0 Å². The number of anilines is 1. The summed E-state index contributed by atoms with van der Waals surface area (Å²) in [6, 6.07) is 10.2. The Bertz CT molecular complexity index is 1030. The number of para-hydroxylation sites is 1. The van der Waals surface area contributed by atoms with Gasteiger partial charge in [-0.1, -0.05) is 12.1 Å². The van der Waals surface area contributed by atoms with Crippen molar-refractivity contribution < 1.29 is 18.3 Å². The number of rotatable bonds is 4. The summed E-state index contributed by atoms with van der Waals surface area (Å²) in [6.07, 6.45) is 2.30. The average molecular weight is 369 g/mol. The molecule has 0 spiro atoms. The molecule has 1 heterocycles. The molecular formula is C20H17F2N3O2. The van der Waals surface area contributed by atoms with Crippen LogP contribution < -0.4 is 10.1 Å². The van der Waals surface area contributed by atoms with Gasteiger partial charge < -0.3 is 10.1 Å². The molecule has 0 atom stereocenters. The number of halogens is 2. The highest BCUT2D eigenvalue weighted by Gasteiger charge is 2.28. The van der Waals surface area contributed by atoms with Crippen molar-refractivity contribution in [3.63, 3.8) is 0 Å². The quantitative estimate of drug-likeness (QED) is 0.759. The lowest BCUT2D eigenvalue weighted by atomic mass is 10.2. The van der Waals surface area contributed by atoms with Gasteiger partial charge in [0.25, 0.3) is 5.91 Å². The Morgan fingerprint density at radius 3 is 2.78 bits per heavy atom. The van der Waals surface area contributed by atoms with Crippen molar-refractivity contribution >= 4 is 11.6 Å². The van der Waals surface area contributed by atoms with E-state index in [9.17, 15) is 13.6 Å². The van der Waals surface area contributed by atoms with E-state index in [1.54, 1.807) is 18.2 Å². The van der Waals surface area contributed by atoms with Crippen LogP contribution in [0.15, 0.2) is 42.5 Å². The highest BCUT2D eigenvalue weighted by molar-refractivity contribution is 6.05. The van der Waals surface area contributed by atoms with Crippen molar-refractivity contribution in [3.05, 3.63) is 71.1 Å². The number of nitrogens with zero attached hydrogens (tertiary/aromatic N) is 2. The molecule has 1 N–H and O–H groups in total. The number of benzene rings is 2. The second-order valence-electron chi connectivity index (χ2n) is 6.29. The van der Waals surface area contributed by atoms with Gasteiger partial charge in [-0.3, -0.25) is 4.79 Å². The first kappa shape index (κ1) is 17.2. The van der Waals surface area contributed by atoms with Crippen LogP contribution in [0.2, 0.25) is 0 Å². The first-order valence-corrected chi connectivity index (χ1v) is 8.59. The average Bonchev–Trinajstić information content (AvgIpc) is 3.26.